The first kappa shape index (κ1) is 14.5. The van der Waals surface area contributed by atoms with Crippen molar-refractivity contribution >= 4 is 11.6 Å². The maximum absolute atomic E-state index is 12.5. The summed E-state index contributed by atoms with van der Waals surface area (Å²) in [4.78, 5) is 6.56. The monoisotopic (exact) mass is 262 g/mol. The Labute approximate surface area is 104 Å². The van der Waals surface area contributed by atoms with Gasteiger partial charge in [0.2, 0.25) is 5.82 Å². The van der Waals surface area contributed by atoms with E-state index in [0.29, 0.717) is 6.54 Å². The molecule has 4 nitrogen and oxygen atoms in total. The van der Waals surface area contributed by atoms with E-state index >= 15 is 0 Å². The highest BCUT2D eigenvalue weighted by molar-refractivity contribution is 5.44. The highest BCUT2D eigenvalue weighted by atomic mass is 19.4. The third-order valence-corrected chi connectivity index (χ3v) is 2.18. The summed E-state index contributed by atoms with van der Waals surface area (Å²) in [5.41, 5.74) is 5.42. The standard InChI is InChI=1S/C11H17F3N4/c1-10(2,3)4-5-16-8-6-7(15)17-9(18-8)11(12,13)14/h6H,4-5H2,1-3H3,(H3,15,16,17,18). The molecule has 102 valence electrons. The van der Waals surface area contributed by atoms with Crippen molar-refractivity contribution in [3.63, 3.8) is 0 Å². The van der Waals surface area contributed by atoms with Crippen LogP contribution in [0.25, 0.3) is 0 Å². The van der Waals surface area contributed by atoms with Crippen molar-refractivity contribution in [1.29, 1.82) is 0 Å². The molecule has 0 aliphatic heterocycles. The Balaban J connectivity index is 2.75. The molecular weight excluding hydrogens is 245 g/mol. The van der Waals surface area contributed by atoms with Gasteiger partial charge < -0.3 is 11.1 Å². The summed E-state index contributed by atoms with van der Waals surface area (Å²) in [5.74, 6) is -1.32. The van der Waals surface area contributed by atoms with E-state index < -0.39 is 12.0 Å². The van der Waals surface area contributed by atoms with Crippen LogP contribution in [0.2, 0.25) is 0 Å². The van der Waals surface area contributed by atoms with E-state index in [1.807, 2.05) is 20.8 Å². The van der Waals surface area contributed by atoms with Gasteiger partial charge in [-0.1, -0.05) is 20.8 Å². The third-order valence-electron chi connectivity index (χ3n) is 2.18. The minimum absolute atomic E-state index is 0.0957. The van der Waals surface area contributed by atoms with Crippen LogP contribution in [0.1, 0.15) is 33.0 Å². The van der Waals surface area contributed by atoms with E-state index in [2.05, 4.69) is 15.3 Å². The van der Waals surface area contributed by atoms with Gasteiger partial charge in [0.25, 0.3) is 0 Å². The second-order valence-corrected chi connectivity index (χ2v) is 5.24. The van der Waals surface area contributed by atoms with Crippen LogP contribution in [0.5, 0.6) is 0 Å². The van der Waals surface area contributed by atoms with Crippen LogP contribution in [-0.4, -0.2) is 16.5 Å². The van der Waals surface area contributed by atoms with Gasteiger partial charge in [0.05, 0.1) is 0 Å². The van der Waals surface area contributed by atoms with Crippen LogP contribution in [0.3, 0.4) is 0 Å². The van der Waals surface area contributed by atoms with E-state index in [1.165, 1.54) is 6.07 Å². The lowest BCUT2D eigenvalue weighted by atomic mass is 9.92. The molecule has 0 radical (unpaired) electrons. The van der Waals surface area contributed by atoms with Crippen molar-refractivity contribution in [2.24, 2.45) is 5.41 Å². The van der Waals surface area contributed by atoms with Crippen LogP contribution in [0.15, 0.2) is 6.07 Å². The summed E-state index contributed by atoms with van der Waals surface area (Å²) in [6.07, 6.45) is -3.78. The second kappa shape index (κ2) is 4.99. The molecule has 7 heteroatoms. The van der Waals surface area contributed by atoms with Crippen LogP contribution in [0.4, 0.5) is 24.8 Å². The molecule has 0 spiro atoms. The lowest BCUT2D eigenvalue weighted by Crippen LogP contribution is -2.17. The van der Waals surface area contributed by atoms with Crippen molar-refractivity contribution in [3.8, 4) is 0 Å². The lowest BCUT2D eigenvalue weighted by Gasteiger charge is -2.18. The highest BCUT2D eigenvalue weighted by Crippen LogP contribution is 2.27. The number of halogens is 3. The SMILES string of the molecule is CC(C)(C)CCNc1cc(N)nc(C(F)(F)F)n1. The summed E-state index contributed by atoms with van der Waals surface area (Å²) >= 11 is 0. The summed E-state index contributed by atoms with van der Waals surface area (Å²) in [6, 6.07) is 1.29. The van der Waals surface area contributed by atoms with Crippen molar-refractivity contribution in [1.82, 2.24) is 9.97 Å². The second-order valence-electron chi connectivity index (χ2n) is 5.24. The topological polar surface area (TPSA) is 63.8 Å². The summed E-state index contributed by atoms with van der Waals surface area (Å²) in [7, 11) is 0. The molecule has 0 amide bonds. The molecule has 0 aliphatic rings. The first-order valence-electron chi connectivity index (χ1n) is 5.53. The fraction of sp³-hybridized carbons (Fsp3) is 0.636. The van der Waals surface area contributed by atoms with Crippen LogP contribution < -0.4 is 11.1 Å². The Morgan fingerprint density at radius 3 is 2.33 bits per heavy atom. The van der Waals surface area contributed by atoms with E-state index in [1.54, 1.807) is 0 Å². The Bertz CT molecular complexity index is 410. The van der Waals surface area contributed by atoms with Crippen molar-refractivity contribution < 1.29 is 13.2 Å². The molecule has 0 saturated carbocycles. The fourth-order valence-electron chi connectivity index (χ4n) is 1.25. The van der Waals surface area contributed by atoms with Gasteiger partial charge in [-0.25, -0.2) is 9.97 Å². The molecule has 3 N–H and O–H groups in total. The van der Waals surface area contributed by atoms with Gasteiger partial charge >= 0.3 is 6.18 Å². The smallest absolute Gasteiger partial charge is 0.384 e. The number of hydrogen-bond acceptors (Lipinski definition) is 4. The van der Waals surface area contributed by atoms with Gasteiger partial charge in [-0.05, 0) is 11.8 Å². The first-order chi connectivity index (χ1) is 8.08. The van der Waals surface area contributed by atoms with E-state index in [9.17, 15) is 13.2 Å². The molecule has 0 aliphatic carbocycles. The maximum Gasteiger partial charge on any atom is 0.451 e. The van der Waals surface area contributed by atoms with Gasteiger partial charge in [0, 0.05) is 12.6 Å². The van der Waals surface area contributed by atoms with Gasteiger partial charge in [-0.3, -0.25) is 0 Å². The van der Waals surface area contributed by atoms with E-state index in [0.717, 1.165) is 6.42 Å². The van der Waals surface area contributed by atoms with E-state index in [4.69, 9.17) is 5.73 Å². The number of nitrogens with one attached hydrogen (secondary N) is 1. The molecule has 0 unspecified atom stereocenters. The highest BCUT2D eigenvalue weighted by Gasteiger charge is 2.35. The maximum atomic E-state index is 12.5. The minimum Gasteiger partial charge on any atom is -0.384 e. The predicted molar refractivity (Wildman–Crippen MR) is 64.0 cm³/mol. The first-order valence-corrected chi connectivity index (χ1v) is 5.53. The zero-order valence-corrected chi connectivity index (χ0v) is 10.6. The molecule has 0 bridgehead atoms. The van der Waals surface area contributed by atoms with Crippen LogP contribution >= 0.6 is 0 Å². The number of nitrogens with zero attached hydrogens (tertiary/aromatic N) is 2. The number of nitrogen functional groups attached to an aromatic ring is 1. The van der Waals surface area contributed by atoms with Crippen LogP contribution in [-0.2, 0) is 6.18 Å². The van der Waals surface area contributed by atoms with Crippen molar-refractivity contribution in [3.05, 3.63) is 11.9 Å². The Kier molecular flexibility index (Phi) is 4.03. The molecule has 1 heterocycles. The Morgan fingerprint density at radius 1 is 1.22 bits per heavy atom. The minimum atomic E-state index is -4.59. The molecule has 1 aromatic heterocycles. The Morgan fingerprint density at radius 2 is 1.83 bits per heavy atom. The Hall–Kier alpha value is -1.53. The largest absolute Gasteiger partial charge is 0.451 e. The van der Waals surface area contributed by atoms with Crippen LogP contribution in [0, 0.1) is 5.41 Å². The zero-order chi connectivity index (χ0) is 14.0. The predicted octanol–water partition coefficient (Wildman–Crippen LogP) is 2.93. The normalized spacial score (nSPS) is 12.6. The molecule has 1 rings (SSSR count). The number of aromatic nitrogens is 2. The number of anilines is 2. The molecule has 1 aromatic rings. The summed E-state index contributed by atoms with van der Waals surface area (Å²) in [5, 5.41) is 2.82. The van der Waals surface area contributed by atoms with Crippen molar-refractivity contribution in [2.45, 2.75) is 33.4 Å². The summed E-state index contributed by atoms with van der Waals surface area (Å²) in [6.45, 7) is 6.66. The number of alkyl halides is 3. The zero-order valence-electron chi connectivity index (χ0n) is 10.6. The van der Waals surface area contributed by atoms with Gasteiger partial charge in [-0.2, -0.15) is 13.2 Å². The average molecular weight is 262 g/mol. The number of nitrogens with two attached hydrogens (primary N) is 1. The number of rotatable bonds is 3. The third kappa shape index (κ3) is 4.77. The molecule has 0 aromatic carbocycles. The molecule has 0 atom stereocenters. The quantitative estimate of drug-likeness (QED) is 0.879. The van der Waals surface area contributed by atoms with Crippen molar-refractivity contribution in [2.75, 3.05) is 17.6 Å². The average Bonchev–Trinajstić information content (AvgIpc) is 2.13. The molecule has 0 fully saturated rings. The lowest BCUT2D eigenvalue weighted by molar-refractivity contribution is -0.144. The fourth-order valence-corrected chi connectivity index (χ4v) is 1.25. The van der Waals surface area contributed by atoms with Gasteiger partial charge in [0.1, 0.15) is 11.6 Å². The molecular formula is C11H17F3N4. The molecule has 0 saturated heterocycles. The van der Waals surface area contributed by atoms with Gasteiger partial charge in [0.15, 0.2) is 0 Å². The van der Waals surface area contributed by atoms with Gasteiger partial charge in [-0.15, -0.1) is 0 Å². The number of hydrogen-bond donors (Lipinski definition) is 2. The van der Waals surface area contributed by atoms with E-state index in [-0.39, 0.29) is 17.1 Å². The molecule has 18 heavy (non-hydrogen) atoms. The summed E-state index contributed by atoms with van der Waals surface area (Å²) < 4.78 is 37.4.